The first kappa shape index (κ1) is 28.2. The Hall–Kier alpha value is -5.29. The van der Waals surface area contributed by atoms with Crippen molar-refractivity contribution < 1.29 is 28.1 Å². The lowest BCUT2D eigenvalue weighted by Gasteiger charge is -2.26. The molecule has 212 valence electrons. The van der Waals surface area contributed by atoms with Gasteiger partial charge in [-0.1, -0.05) is 49.7 Å². The van der Waals surface area contributed by atoms with E-state index >= 15 is 0 Å². The fourth-order valence-corrected chi connectivity index (χ4v) is 4.56. The van der Waals surface area contributed by atoms with Gasteiger partial charge in [0.15, 0.2) is 0 Å². The number of hydrogen-bond donors (Lipinski definition) is 1. The fraction of sp³-hybridized carbons (Fsp3) is 0.176. The van der Waals surface area contributed by atoms with Crippen molar-refractivity contribution in [3.8, 4) is 29.1 Å². The molecule has 4 aromatic carbocycles. The Kier molecular flexibility index (Phi) is 8.69. The normalized spacial score (nSPS) is 13.9. The second kappa shape index (κ2) is 12.9. The van der Waals surface area contributed by atoms with E-state index in [0.29, 0.717) is 40.5 Å². The van der Waals surface area contributed by atoms with Crippen LogP contribution < -0.4 is 24.7 Å². The highest BCUT2D eigenvalue weighted by atomic mass is 19.1. The molecular weight excluding hydrogens is 535 g/mol. The predicted octanol–water partition coefficient (Wildman–Crippen LogP) is 7.02. The number of rotatable bonds is 10. The lowest BCUT2D eigenvalue weighted by Crippen LogP contribution is -2.21. The Balaban J connectivity index is 1.31. The van der Waals surface area contributed by atoms with Crippen LogP contribution in [0.15, 0.2) is 102 Å². The maximum Gasteiger partial charge on any atom is 0.343 e. The van der Waals surface area contributed by atoms with Crippen molar-refractivity contribution in [2.45, 2.75) is 32.3 Å². The number of carbonyl (C=O) groups excluding carboxylic acids is 1. The van der Waals surface area contributed by atoms with Crippen molar-refractivity contribution in [2.75, 3.05) is 6.61 Å². The molecule has 5 rings (SSSR count). The summed E-state index contributed by atoms with van der Waals surface area (Å²) in [5, 5.41) is 9.88. The zero-order valence-electron chi connectivity index (χ0n) is 23.0. The van der Waals surface area contributed by atoms with Gasteiger partial charge in [0, 0.05) is 17.2 Å². The summed E-state index contributed by atoms with van der Waals surface area (Å²) in [7, 11) is 0. The molecule has 0 aliphatic carbocycles. The first-order valence-corrected chi connectivity index (χ1v) is 13.6. The van der Waals surface area contributed by atoms with Gasteiger partial charge in [0.25, 0.3) is 0 Å². The van der Waals surface area contributed by atoms with Gasteiger partial charge in [-0.25, -0.2) is 9.18 Å². The van der Waals surface area contributed by atoms with Gasteiger partial charge in [-0.15, -0.1) is 0 Å². The number of allylic oxidation sites excluding steroid dienone is 1. The summed E-state index contributed by atoms with van der Waals surface area (Å²) in [6.45, 7) is 2.79. The Labute approximate surface area is 243 Å². The smallest absolute Gasteiger partial charge is 0.343 e. The van der Waals surface area contributed by atoms with Crippen LogP contribution in [0.25, 0.3) is 0 Å². The minimum atomic E-state index is -0.533. The molecule has 1 unspecified atom stereocenters. The van der Waals surface area contributed by atoms with E-state index in [0.717, 1.165) is 18.4 Å². The van der Waals surface area contributed by atoms with Gasteiger partial charge < -0.3 is 24.7 Å². The molecule has 0 bridgehead atoms. The van der Waals surface area contributed by atoms with E-state index in [1.807, 2.05) is 12.1 Å². The van der Waals surface area contributed by atoms with Crippen molar-refractivity contribution in [3.63, 3.8) is 0 Å². The van der Waals surface area contributed by atoms with Crippen LogP contribution in [0, 0.1) is 17.1 Å². The monoisotopic (exact) mass is 564 g/mol. The van der Waals surface area contributed by atoms with Crippen molar-refractivity contribution in [1.82, 2.24) is 0 Å². The molecule has 0 aromatic heterocycles. The van der Waals surface area contributed by atoms with Crippen molar-refractivity contribution in [3.05, 3.63) is 131 Å². The van der Waals surface area contributed by atoms with Crippen molar-refractivity contribution in [2.24, 2.45) is 5.73 Å². The zero-order chi connectivity index (χ0) is 29.5. The first-order valence-electron chi connectivity index (χ1n) is 13.6. The minimum Gasteiger partial charge on any atom is -0.494 e. The summed E-state index contributed by atoms with van der Waals surface area (Å²) >= 11 is 0. The van der Waals surface area contributed by atoms with Crippen LogP contribution in [-0.4, -0.2) is 12.6 Å². The number of fused-ring (bicyclic) bond motifs is 1. The van der Waals surface area contributed by atoms with Crippen LogP contribution in [0.1, 0.15) is 52.7 Å². The van der Waals surface area contributed by atoms with Gasteiger partial charge in [-0.05, 0) is 60.5 Å². The summed E-state index contributed by atoms with van der Waals surface area (Å²) in [4.78, 5) is 12.8. The van der Waals surface area contributed by atoms with E-state index < -0.39 is 11.9 Å². The second-order valence-electron chi connectivity index (χ2n) is 9.69. The largest absolute Gasteiger partial charge is 0.494 e. The van der Waals surface area contributed by atoms with E-state index in [1.54, 1.807) is 72.8 Å². The molecule has 0 saturated heterocycles. The summed E-state index contributed by atoms with van der Waals surface area (Å²) in [5.41, 5.74) is 8.70. The summed E-state index contributed by atoms with van der Waals surface area (Å²) < 4.78 is 36.7. The quantitative estimate of drug-likeness (QED) is 0.125. The topological polar surface area (TPSA) is 104 Å². The third-order valence-corrected chi connectivity index (χ3v) is 6.82. The van der Waals surface area contributed by atoms with Gasteiger partial charge in [0.1, 0.15) is 47.1 Å². The van der Waals surface area contributed by atoms with Gasteiger partial charge in [0.05, 0.1) is 18.1 Å². The van der Waals surface area contributed by atoms with Crippen LogP contribution in [0.3, 0.4) is 0 Å². The van der Waals surface area contributed by atoms with E-state index in [9.17, 15) is 14.4 Å². The molecule has 2 N–H and O–H groups in total. The van der Waals surface area contributed by atoms with E-state index in [-0.39, 0.29) is 29.6 Å². The van der Waals surface area contributed by atoms with E-state index in [4.69, 9.17) is 24.7 Å². The molecule has 1 heterocycles. The number of ether oxygens (including phenoxy) is 4. The molecule has 1 aliphatic rings. The summed E-state index contributed by atoms with van der Waals surface area (Å²) in [6, 6.07) is 27.5. The van der Waals surface area contributed by atoms with E-state index in [1.165, 1.54) is 6.07 Å². The van der Waals surface area contributed by atoms with Crippen LogP contribution in [0.5, 0.6) is 23.0 Å². The number of hydrogen-bond acceptors (Lipinski definition) is 7. The van der Waals surface area contributed by atoms with Crippen molar-refractivity contribution >= 4 is 5.97 Å². The Morgan fingerprint density at radius 2 is 1.64 bits per heavy atom. The average Bonchev–Trinajstić information content (AvgIpc) is 3.00. The molecule has 0 fully saturated rings. The third-order valence-electron chi connectivity index (χ3n) is 6.82. The molecule has 0 spiro atoms. The lowest BCUT2D eigenvalue weighted by molar-refractivity contribution is 0.0734. The second-order valence-corrected chi connectivity index (χ2v) is 9.69. The Morgan fingerprint density at radius 3 is 2.36 bits per heavy atom. The van der Waals surface area contributed by atoms with Gasteiger partial charge >= 0.3 is 5.97 Å². The molecule has 0 saturated carbocycles. The highest BCUT2D eigenvalue weighted by molar-refractivity contribution is 5.91. The first-order chi connectivity index (χ1) is 20.5. The molecule has 4 aromatic rings. The molecule has 1 aliphatic heterocycles. The molecule has 8 heteroatoms. The third kappa shape index (κ3) is 6.37. The number of nitriles is 1. The molecule has 42 heavy (non-hydrogen) atoms. The van der Waals surface area contributed by atoms with Crippen LogP contribution in [0.2, 0.25) is 0 Å². The van der Waals surface area contributed by atoms with Gasteiger partial charge in [-0.2, -0.15) is 5.26 Å². The molecule has 1 atom stereocenters. The lowest BCUT2D eigenvalue weighted by atomic mass is 9.83. The number of nitrogens with two attached hydrogens (primary N) is 1. The SMILES string of the molecule is CCCCOc1ccc(C(=O)Oc2ccc3c(c2)OC(N)=C(C#N)C3c2ccc(OCc3ccccc3F)cc2)cc1. The highest BCUT2D eigenvalue weighted by Gasteiger charge is 2.31. The Bertz CT molecular complexity index is 1640. The van der Waals surface area contributed by atoms with Crippen LogP contribution in [0.4, 0.5) is 4.39 Å². The van der Waals surface area contributed by atoms with Gasteiger partial charge in [-0.3, -0.25) is 0 Å². The molecule has 0 amide bonds. The fourth-order valence-electron chi connectivity index (χ4n) is 4.56. The van der Waals surface area contributed by atoms with E-state index in [2.05, 4.69) is 13.0 Å². The number of nitrogens with zero attached hydrogens (tertiary/aromatic N) is 1. The predicted molar refractivity (Wildman–Crippen MR) is 155 cm³/mol. The maximum atomic E-state index is 13.9. The molecule has 0 radical (unpaired) electrons. The summed E-state index contributed by atoms with van der Waals surface area (Å²) in [6.07, 6.45) is 1.99. The highest BCUT2D eigenvalue weighted by Crippen LogP contribution is 2.43. The Morgan fingerprint density at radius 1 is 0.952 bits per heavy atom. The van der Waals surface area contributed by atoms with Gasteiger partial charge in [0.2, 0.25) is 5.88 Å². The number of benzene rings is 4. The van der Waals surface area contributed by atoms with Crippen molar-refractivity contribution in [1.29, 1.82) is 5.26 Å². The number of halogens is 1. The maximum absolute atomic E-state index is 13.9. The zero-order valence-corrected chi connectivity index (χ0v) is 23.0. The number of unbranched alkanes of at least 4 members (excludes halogenated alkanes) is 1. The summed E-state index contributed by atoms with van der Waals surface area (Å²) in [5.74, 6) is 0.479. The van der Waals surface area contributed by atoms with Crippen LogP contribution >= 0.6 is 0 Å². The molecule has 7 nitrogen and oxygen atoms in total. The van der Waals surface area contributed by atoms with Crippen LogP contribution in [-0.2, 0) is 6.61 Å². The standard InChI is InChI=1S/C34H29FN2O5/c1-2-3-18-39-25-14-10-23(11-15-25)34(38)41-27-16-17-28-31(19-27)42-33(37)29(20-36)32(28)22-8-12-26(13-9-22)40-21-24-6-4-5-7-30(24)35/h4-17,19,32H,2-3,18,21,37H2,1H3. The molecular formula is C34H29FN2O5. The number of carbonyl (C=O) groups is 1. The minimum absolute atomic E-state index is 0.0305. The number of esters is 1. The average molecular weight is 565 g/mol.